The van der Waals surface area contributed by atoms with Crippen molar-refractivity contribution in [2.24, 2.45) is 0 Å². The Balaban J connectivity index is 2.07. The minimum absolute atomic E-state index is 0.133. The molecule has 0 aliphatic heterocycles. The number of rotatable bonds is 6. The summed E-state index contributed by atoms with van der Waals surface area (Å²) in [6.45, 7) is 0. The number of ether oxygens (including phenoxy) is 2. The first-order chi connectivity index (χ1) is 12.6. The van der Waals surface area contributed by atoms with Crippen LogP contribution in [0.15, 0.2) is 60.7 Å². The topological polar surface area (TPSA) is 73.9 Å². The average Bonchev–Trinajstić information content (AvgIpc) is 2.68. The maximum absolute atomic E-state index is 12.3. The van der Waals surface area contributed by atoms with Gasteiger partial charge in [-0.3, -0.25) is 8.91 Å². The minimum atomic E-state index is -1.80. The lowest BCUT2D eigenvalue weighted by atomic mass is 10.1. The van der Waals surface area contributed by atoms with Gasteiger partial charge in [0.25, 0.3) is 11.3 Å². The Morgan fingerprint density at radius 3 is 2.38 bits per heavy atom. The number of carbonyl (C=O) groups is 1. The molecule has 0 spiro atoms. The first-order valence-corrected chi connectivity index (χ1v) is 8.81. The first kappa shape index (κ1) is 17.9. The third-order valence-electron chi connectivity index (χ3n) is 3.73. The van der Waals surface area contributed by atoms with E-state index >= 15 is 0 Å². The van der Waals surface area contributed by atoms with Gasteiger partial charge in [0.05, 0.1) is 19.9 Å². The lowest BCUT2D eigenvalue weighted by molar-refractivity contribution is 0.0599. The van der Waals surface area contributed by atoms with E-state index in [2.05, 4.69) is 4.72 Å². The molecule has 3 aromatic rings. The molecule has 0 fully saturated rings. The van der Waals surface area contributed by atoms with Gasteiger partial charge in [0.15, 0.2) is 0 Å². The molecule has 26 heavy (non-hydrogen) atoms. The normalized spacial score (nSPS) is 11.8. The molecule has 3 aromatic carbocycles. The molecule has 3 rings (SSSR count). The summed E-state index contributed by atoms with van der Waals surface area (Å²) in [7, 11) is 2.56. The maximum atomic E-state index is 12.3. The highest BCUT2D eigenvalue weighted by atomic mass is 32.2. The van der Waals surface area contributed by atoms with Gasteiger partial charge < -0.3 is 9.47 Å². The van der Waals surface area contributed by atoms with Gasteiger partial charge >= 0.3 is 5.97 Å². The zero-order chi connectivity index (χ0) is 18.5. The zero-order valence-corrected chi connectivity index (χ0v) is 15.0. The number of benzene rings is 3. The van der Waals surface area contributed by atoms with Crippen LogP contribution >= 0.6 is 0 Å². The van der Waals surface area contributed by atoms with E-state index in [1.165, 1.54) is 14.2 Å². The number of hydrogen-bond donors (Lipinski definition) is 1. The van der Waals surface area contributed by atoms with Gasteiger partial charge in [0.2, 0.25) is 0 Å². The van der Waals surface area contributed by atoms with Crippen molar-refractivity contribution in [3.63, 3.8) is 0 Å². The van der Waals surface area contributed by atoms with Crippen molar-refractivity contribution >= 4 is 33.7 Å². The summed E-state index contributed by atoms with van der Waals surface area (Å²) in [6, 6.07) is 18.4. The van der Waals surface area contributed by atoms with Gasteiger partial charge in [-0.2, -0.15) is 0 Å². The lowest BCUT2D eigenvalue weighted by Gasteiger charge is -2.15. The molecule has 0 bridgehead atoms. The van der Waals surface area contributed by atoms with E-state index in [0.29, 0.717) is 5.75 Å². The molecule has 6 nitrogen and oxygen atoms in total. The van der Waals surface area contributed by atoms with Crippen molar-refractivity contribution in [2.75, 3.05) is 18.9 Å². The van der Waals surface area contributed by atoms with Crippen molar-refractivity contribution in [1.82, 2.24) is 0 Å². The van der Waals surface area contributed by atoms with E-state index in [1.54, 1.807) is 18.2 Å². The van der Waals surface area contributed by atoms with E-state index in [1.807, 2.05) is 42.5 Å². The van der Waals surface area contributed by atoms with Crippen LogP contribution in [0.3, 0.4) is 0 Å². The van der Waals surface area contributed by atoms with Crippen molar-refractivity contribution in [3.05, 3.63) is 66.2 Å². The second-order valence-corrected chi connectivity index (χ2v) is 6.26. The largest absolute Gasteiger partial charge is 0.465 e. The molecule has 0 aliphatic carbocycles. The first-order valence-electron chi connectivity index (χ1n) is 7.74. The fraction of sp³-hybridized carbons (Fsp3) is 0.105. The molecule has 0 amide bonds. The Morgan fingerprint density at radius 1 is 0.923 bits per heavy atom. The molecule has 7 heteroatoms. The van der Waals surface area contributed by atoms with Crippen LogP contribution in [-0.2, 0) is 20.2 Å². The van der Waals surface area contributed by atoms with Crippen molar-refractivity contribution < 1.29 is 22.7 Å². The molecule has 134 valence electrons. The molecule has 1 N–H and O–H groups in total. The summed E-state index contributed by atoms with van der Waals surface area (Å²) in [4.78, 5) is 12.3. The monoisotopic (exact) mass is 371 g/mol. The number of hydrogen-bond acceptors (Lipinski definition) is 5. The molecular formula is C19H17NO5S. The van der Waals surface area contributed by atoms with Gasteiger partial charge in [-0.25, -0.2) is 9.00 Å². The summed E-state index contributed by atoms with van der Waals surface area (Å²) in [5, 5.41) is 1.92. The van der Waals surface area contributed by atoms with E-state index < -0.39 is 17.2 Å². The van der Waals surface area contributed by atoms with E-state index in [-0.39, 0.29) is 17.0 Å². The van der Waals surface area contributed by atoms with Crippen LogP contribution in [0.4, 0.5) is 5.69 Å². The summed E-state index contributed by atoms with van der Waals surface area (Å²) in [5.41, 5.74) is 0.420. The Hall–Kier alpha value is -2.90. The van der Waals surface area contributed by atoms with Crippen LogP contribution in [0.5, 0.6) is 11.5 Å². The highest BCUT2D eigenvalue weighted by Crippen LogP contribution is 2.35. The van der Waals surface area contributed by atoms with E-state index in [4.69, 9.17) is 13.7 Å². The zero-order valence-electron chi connectivity index (χ0n) is 14.2. The van der Waals surface area contributed by atoms with Gasteiger partial charge in [0, 0.05) is 5.39 Å². The SMILES string of the molecule is COC(=O)c1c(NS(=O)OC)cccc1Oc1cccc2ccccc12. The minimum Gasteiger partial charge on any atom is -0.465 e. The maximum Gasteiger partial charge on any atom is 0.343 e. The summed E-state index contributed by atoms with van der Waals surface area (Å²) in [5.74, 6) is 0.265. The highest BCUT2D eigenvalue weighted by molar-refractivity contribution is 7.81. The third kappa shape index (κ3) is 3.68. The van der Waals surface area contributed by atoms with Crippen molar-refractivity contribution in [1.29, 1.82) is 0 Å². The number of methoxy groups -OCH3 is 1. The summed E-state index contributed by atoms with van der Waals surface area (Å²) < 4.78 is 29.9. The van der Waals surface area contributed by atoms with E-state index in [9.17, 15) is 9.00 Å². The summed E-state index contributed by atoms with van der Waals surface area (Å²) >= 11 is -1.80. The highest BCUT2D eigenvalue weighted by Gasteiger charge is 2.20. The standard InChI is InChI=1S/C19H17NO5S/c1-23-19(21)18-15(20-26(22)24-2)10-6-12-17(18)25-16-11-5-8-13-7-3-4-9-14(13)16/h3-12,20H,1-2H3. The van der Waals surface area contributed by atoms with Crippen LogP contribution in [0.2, 0.25) is 0 Å². The molecule has 0 saturated heterocycles. The van der Waals surface area contributed by atoms with Gasteiger partial charge in [-0.1, -0.05) is 42.5 Å². The molecule has 1 atom stereocenters. The quantitative estimate of drug-likeness (QED) is 0.662. The van der Waals surface area contributed by atoms with Crippen LogP contribution in [0.1, 0.15) is 10.4 Å². The average molecular weight is 371 g/mol. The second-order valence-electron chi connectivity index (χ2n) is 5.25. The number of anilines is 1. The number of carbonyl (C=O) groups excluding carboxylic acids is 1. The summed E-state index contributed by atoms with van der Waals surface area (Å²) in [6.07, 6.45) is 0. The molecule has 0 radical (unpaired) electrons. The molecular weight excluding hydrogens is 354 g/mol. The van der Waals surface area contributed by atoms with Crippen LogP contribution in [0, 0.1) is 0 Å². The predicted octanol–water partition coefficient (Wildman–Crippen LogP) is 4.06. The van der Waals surface area contributed by atoms with Crippen LogP contribution in [0.25, 0.3) is 10.8 Å². The van der Waals surface area contributed by atoms with E-state index in [0.717, 1.165) is 10.8 Å². The van der Waals surface area contributed by atoms with Gasteiger partial charge in [-0.05, 0) is 23.6 Å². The fourth-order valence-electron chi connectivity index (χ4n) is 2.55. The van der Waals surface area contributed by atoms with Crippen LogP contribution in [-0.4, -0.2) is 24.4 Å². The van der Waals surface area contributed by atoms with Gasteiger partial charge in [-0.15, -0.1) is 0 Å². The molecule has 0 aromatic heterocycles. The predicted molar refractivity (Wildman–Crippen MR) is 101 cm³/mol. The Bertz CT molecular complexity index is 968. The number of esters is 1. The molecule has 0 aliphatic rings. The smallest absolute Gasteiger partial charge is 0.343 e. The van der Waals surface area contributed by atoms with Crippen LogP contribution < -0.4 is 9.46 Å². The molecule has 0 saturated carbocycles. The third-order valence-corrected chi connectivity index (χ3v) is 4.42. The second kappa shape index (κ2) is 7.99. The van der Waals surface area contributed by atoms with Gasteiger partial charge in [0.1, 0.15) is 17.1 Å². The molecule has 1 unspecified atom stereocenters. The Kier molecular flexibility index (Phi) is 5.50. The van der Waals surface area contributed by atoms with Crippen molar-refractivity contribution in [3.8, 4) is 11.5 Å². The number of nitrogens with one attached hydrogen (secondary N) is 1. The Labute approximate surface area is 153 Å². The van der Waals surface area contributed by atoms with Crippen molar-refractivity contribution in [2.45, 2.75) is 0 Å². The fourth-order valence-corrected chi connectivity index (χ4v) is 2.98. The number of fused-ring (bicyclic) bond motifs is 1. The lowest BCUT2D eigenvalue weighted by Crippen LogP contribution is -2.12. The Morgan fingerprint density at radius 2 is 1.62 bits per heavy atom. The molecule has 0 heterocycles.